The fourth-order valence-electron chi connectivity index (χ4n) is 3.57. The van der Waals surface area contributed by atoms with Gasteiger partial charge in [-0.2, -0.15) is 8.42 Å². The van der Waals surface area contributed by atoms with Crippen LogP contribution in [0.4, 0.5) is 0 Å². The van der Waals surface area contributed by atoms with Crippen molar-refractivity contribution in [2.75, 3.05) is 13.7 Å². The van der Waals surface area contributed by atoms with Gasteiger partial charge in [0, 0.05) is 4.92 Å². The summed E-state index contributed by atoms with van der Waals surface area (Å²) >= 11 is 0. The molecule has 3 aromatic rings. The second-order valence-electron chi connectivity index (χ2n) is 7.34. The summed E-state index contributed by atoms with van der Waals surface area (Å²) in [5, 5.41) is 11.6. The first-order valence-electron chi connectivity index (χ1n) is 9.99. The van der Waals surface area contributed by atoms with Crippen molar-refractivity contribution in [2.45, 2.75) is 23.7 Å². The lowest BCUT2D eigenvalue weighted by molar-refractivity contribution is -0.483. The third-order valence-corrected chi connectivity index (χ3v) is 6.43. The van der Waals surface area contributed by atoms with Crippen LogP contribution in [-0.4, -0.2) is 32.9 Å². The van der Waals surface area contributed by atoms with E-state index in [2.05, 4.69) is 4.40 Å². The minimum atomic E-state index is -4.09. The molecular formula is C24H24N2O5S. The normalized spacial score (nSPS) is 13.9. The number of rotatable bonds is 8. The topological polar surface area (TPSA) is 98.9 Å². The number of hydrogen-bond acceptors (Lipinski definition) is 5. The monoisotopic (exact) mass is 452 g/mol. The molecule has 0 unspecified atom stereocenters. The number of nitrogens with zero attached hydrogens (tertiary/aromatic N) is 2. The second kappa shape index (κ2) is 10.2. The molecule has 166 valence electrons. The van der Waals surface area contributed by atoms with E-state index in [0.717, 1.165) is 5.56 Å². The van der Waals surface area contributed by atoms with Gasteiger partial charge in [0.2, 0.25) is 12.4 Å². The number of benzene rings is 3. The van der Waals surface area contributed by atoms with E-state index < -0.39 is 33.3 Å². The molecule has 0 aliphatic heterocycles. The number of ether oxygens (including phenoxy) is 1. The molecule has 2 atom stereocenters. The van der Waals surface area contributed by atoms with Gasteiger partial charge in [-0.1, -0.05) is 78.4 Å². The highest BCUT2D eigenvalue weighted by molar-refractivity contribution is 7.90. The molecule has 3 aromatic carbocycles. The fraction of sp³-hybridized carbons (Fsp3) is 0.208. The molecule has 0 N–H and O–H groups in total. The van der Waals surface area contributed by atoms with Crippen LogP contribution in [-0.2, 0) is 14.8 Å². The summed E-state index contributed by atoms with van der Waals surface area (Å²) in [5.74, 6) is -1.58. The average Bonchev–Trinajstić information content (AvgIpc) is 2.79. The molecule has 0 aromatic heterocycles. The summed E-state index contributed by atoms with van der Waals surface area (Å²) in [6.45, 7) is 1.43. The predicted molar refractivity (Wildman–Crippen MR) is 123 cm³/mol. The van der Waals surface area contributed by atoms with E-state index in [0.29, 0.717) is 11.1 Å². The zero-order valence-corrected chi connectivity index (χ0v) is 18.6. The van der Waals surface area contributed by atoms with Crippen LogP contribution in [0.5, 0.6) is 0 Å². The Labute approximate surface area is 187 Å². The van der Waals surface area contributed by atoms with Crippen LogP contribution >= 0.6 is 0 Å². The molecular weight excluding hydrogens is 428 g/mol. The van der Waals surface area contributed by atoms with E-state index >= 15 is 0 Å². The number of aryl methyl sites for hydroxylation is 1. The van der Waals surface area contributed by atoms with Gasteiger partial charge in [-0.25, -0.2) is 0 Å². The first-order chi connectivity index (χ1) is 15.3. The van der Waals surface area contributed by atoms with Crippen molar-refractivity contribution in [1.29, 1.82) is 0 Å². The number of methoxy groups -OCH3 is 1. The van der Waals surface area contributed by atoms with Crippen LogP contribution in [0.15, 0.2) is 94.2 Å². The molecule has 8 heteroatoms. The maximum absolute atomic E-state index is 13.0. The maximum atomic E-state index is 13.0. The lowest BCUT2D eigenvalue weighted by atomic mass is 9.81. The zero-order valence-electron chi connectivity index (χ0n) is 17.8. The molecule has 32 heavy (non-hydrogen) atoms. The Kier molecular flexibility index (Phi) is 7.37. The van der Waals surface area contributed by atoms with Crippen LogP contribution < -0.4 is 0 Å². The van der Waals surface area contributed by atoms with Gasteiger partial charge in [0.25, 0.3) is 10.0 Å². The molecule has 0 aliphatic rings. The minimum absolute atomic E-state index is 0.0231. The van der Waals surface area contributed by atoms with Crippen molar-refractivity contribution in [1.82, 2.24) is 0 Å². The van der Waals surface area contributed by atoms with Gasteiger partial charge >= 0.3 is 0 Å². The molecule has 0 bridgehead atoms. The summed E-state index contributed by atoms with van der Waals surface area (Å²) < 4.78 is 35.5. The van der Waals surface area contributed by atoms with E-state index in [9.17, 15) is 18.5 Å². The molecule has 0 amide bonds. The maximum Gasteiger partial charge on any atom is 0.285 e. The Morgan fingerprint density at radius 3 is 1.97 bits per heavy atom. The summed E-state index contributed by atoms with van der Waals surface area (Å²) in [6, 6.07) is 24.3. The number of sulfonamides is 1. The first kappa shape index (κ1) is 23.1. The quantitative estimate of drug-likeness (QED) is 0.216. The number of nitro groups is 1. The van der Waals surface area contributed by atoms with E-state index in [1.807, 2.05) is 19.1 Å². The van der Waals surface area contributed by atoms with E-state index in [1.54, 1.807) is 60.7 Å². The van der Waals surface area contributed by atoms with Gasteiger partial charge in [-0.05, 0) is 30.2 Å². The molecule has 3 rings (SSSR count). The fourth-order valence-corrected chi connectivity index (χ4v) is 4.58. The highest BCUT2D eigenvalue weighted by Gasteiger charge is 2.35. The molecule has 0 spiro atoms. The molecule has 0 aliphatic carbocycles. The Balaban J connectivity index is 2.18. The van der Waals surface area contributed by atoms with Crippen molar-refractivity contribution in [2.24, 2.45) is 4.40 Å². The van der Waals surface area contributed by atoms with E-state index in [4.69, 9.17) is 4.74 Å². The standard InChI is InChI=1S/C24H24N2O5S/c1-18-13-15-21(16-14-18)32(29,30)25-24(31-2)23(20-11-7-4-8-12-20)22(17-26(27)28)19-9-5-3-6-10-19/h3-16,22-23H,17H2,1-2H3/b25-24-/t22-,23+/m0/s1. The second-order valence-corrected chi connectivity index (χ2v) is 8.95. The summed E-state index contributed by atoms with van der Waals surface area (Å²) in [6.07, 6.45) is 0. The lowest BCUT2D eigenvalue weighted by Crippen LogP contribution is -2.28. The predicted octanol–water partition coefficient (Wildman–Crippen LogP) is 4.57. The van der Waals surface area contributed by atoms with Gasteiger partial charge < -0.3 is 4.74 Å². The smallest absolute Gasteiger partial charge is 0.285 e. The molecule has 0 fully saturated rings. The highest BCUT2D eigenvalue weighted by Crippen LogP contribution is 2.35. The molecule has 7 nitrogen and oxygen atoms in total. The number of hydrogen-bond donors (Lipinski definition) is 0. The van der Waals surface area contributed by atoms with Crippen LogP contribution in [0.25, 0.3) is 0 Å². The molecule has 0 radical (unpaired) electrons. The summed E-state index contributed by atoms with van der Waals surface area (Å²) in [7, 11) is -2.77. The van der Waals surface area contributed by atoms with E-state index in [1.165, 1.54) is 19.2 Å². The summed E-state index contributed by atoms with van der Waals surface area (Å²) in [4.78, 5) is 11.2. The molecule has 0 saturated carbocycles. The van der Waals surface area contributed by atoms with Crippen LogP contribution in [0.2, 0.25) is 0 Å². The van der Waals surface area contributed by atoms with Crippen molar-refractivity contribution >= 4 is 15.9 Å². The SMILES string of the molecule is CO/C(=N\S(=O)(=O)c1ccc(C)cc1)[C@H](c1ccccc1)[C@@H](C[N+](=O)[O-])c1ccccc1. The third kappa shape index (κ3) is 5.59. The Hall–Kier alpha value is -3.52. The average molecular weight is 453 g/mol. The zero-order chi connectivity index (χ0) is 23.1. The van der Waals surface area contributed by atoms with E-state index in [-0.39, 0.29) is 10.8 Å². The van der Waals surface area contributed by atoms with Gasteiger partial charge in [-0.15, -0.1) is 4.40 Å². The Bertz CT molecular complexity index is 1180. The largest absolute Gasteiger partial charge is 0.483 e. The van der Waals surface area contributed by atoms with Crippen LogP contribution in [0.3, 0.4) is 0 Å². The minimum Gasteiger partial charge on any atom is -0.483 e. The van der Waals surface area contributed by atoms with Crippen molar-refractivity contribution in [3.63, 3.8) is 0 Å². The highest BCUT2D eigenvalue weighted by atomic mass is 32.2. The third-order valence-electron chi connectivity index (χ3n) is 5.14. The lowest BCUT2D eigenvalue weighted by Gasteiger charge is -2.25. The molecule has 0 heterocycles. The van der Waals surface area contributed by atoms with Crippen LogP contribution in [0.1, 0.15) is 28.5 Å². The first-order valence-corrected chi connectivity index (χ1v) is 11.4. The van der Waals surface area contributed by atoms with Gasteiger partial charge in [0.15, 0.2) is 0 Å². The van der Waals surface area contributed by atoms with Crippen LogP contribution in [0, 0.1) is 17.0 Å². The van der Waals surface area contributed by atoms with Gasteiger partial charge in [0.1, 0.15) is 0 Å². The van der Waals surface area contributed by atoms with Crippen molar-refractivity contribution < 1.29 is 18.1 Å². The van der Waals surface area contributed by atoms with Crippen molar-refractivity contribution in [3.05, 3.63) is 112 Å². The van der Waals surface area contributed by atoms with Crippen molar-refractivity contribution in [3.8, 4) is 0 Å². The summed E-state index contributed by atoms with van der Waals surface area (Å²) in [5.41, 5.74) is 2.27. The molecule has 0 saturated heterocycles. The Morgan fingerprint density at radius 1 is 0.938 bits per heavy atom. The van der Waals surface area contributed by atoms with Gasteiger partial charge in [-0.3, -0.25) is 10.1 Å². The van der Waals surface area contributed by atoms with Gasteiger partial charge in [0.05, 0.1) is 23.8 Å². The Morgan fingerprint density at radius 2 is 1.47 bits per heavy atom.